The maximum absolute atomic E-state index is 12.0. The van der Waals surface area contributed by atoms with Crippen molar-refractivity contribution in [1.82, 2.24) is 4.72 Å². The summed E-state index contributed by atoms with van der Waals surface area (Å²) in [5, 5.41) is 9.25. The Balaban J connectivity index is 2.98. The van der Waals surface area contributed by atoms with E-state index in [1.807, 2.05) is 0 Å². The molecule has 0 saturated carbocycles. The first-order valence-corrected chi connectivity index (χ1v) is 7.48. The molecule has 0 heterocycles. The van der Waals surface area contributed by atoms with Crippen molar-refractivity contribution in [3.8, 4) is 0 Å². The molecule has 0 unspecified atom stereocenters. The van der Waals surface area contributed by atoms with Crippen molar-refractivity contribution in [2.45, 2.75) is 18.7 Å². The van der Waals surface area contributed by atoms with Crippen molar-refractivity contribution in [2.75, 3.05) is 13.2 Å². The van der Waals surface area contributed by atoms with Gasteiger partial charge in [-0.1, -0.05) is 43.1 Å². The molecule has 0 aromatic heterocycles. The molecule has 0 saturated heterocycles. The van der Waals surface area contributed by atoms with Crippen molar-refractivity contribution in [1.29, 1.82) is 0 Å². The van der Waals surface area contributed by atoms with Crippen molar-refractivity contribution in [3.63, 3.8) is 0 Å². The van der Waals surface area contributed by atoms with E-state index >= 15 is 0 Å². The number of halogens is 2. The second kappa shape index (κ2) is 5.75. The van der Waals surface area contributed by atoms with Crippen LogP contribution in [0.4, 0.5) is 0 Å². The van der Waals surface area contributed by atoms with Gasteiger partial charge in [0, 0.05) is 18.6 Å². The van der Waals surface area contributed by atoms with Crippen molar-refractivity contribution in [2.24, 2.45) is 5.41 Å². The Morgan fingerprint density at radius 3 is 2.50 bits per heavy atom. The summed E-state index contributed by atoms with van der Waals surface area (Å²) in [6, 6.07) is 4.41. The minimum Gasteiger partial charge on any atom is -0.396 e. The number of benzene rings is 1. The summed E-state index contributed by atoms with van der Waals surface area (Å²) >= 11 is 11.6. The lowest BCUT2D eigenvalue weighted by Gasteiger charge is -2.22. The van der Waals surface area contributed by atoms with Gasteiger partial charge in [0.2, 0.25) is 10.0 Å². The first kappa shape index (κ1) is 15.7. The molecule has 18 heavy (non-hydrogen) atoms. The molecule has 1 aromatic carbocycles. The Morgan fingerprint density at radius 2 is 1.94 bits per heavy atom. The summed E-state index contributed by atoms with van der Waals surface area (Å²) in [6.45, 7) is 3.47. The van der Waals surface area contributed by atoms with Crippen LogP contribution in [-0.2, 0) is 10.0 Å². The fourth-order valence-corrected chi connectivity index (χ4v) is 3.12. The number of sulfonamides is 1. The lowest BCUT2D eigenvalue weighted by Crippen LogP contribution is -2.36. The van der Waals surface area contributed by atoms with Gasteiger partial charge in [0.25, 0.3) is 0 Å². The Morgan fingerprint density at radius 1 is 1.33 bits per heavy atom. The molecule has 0 fully saturated rings. The number of hydrogen-bond acceptors (Lipinski definition) is 3. The lowest BCUT2D eigenvalue weighted by molar-refractivity contribution is 0.163. The molecule has 0 aliphatic heterocycles. The van der Waals surface area contributed by atoms with E-state index in [0.29, 0.717) is 0 Å². The van der Waals surface area contributed by atoms with E-state index in [1.165, 1.54) is 18.2 Å². The average Bonchev–Trinajstić information content (AvgIpc) is 2.30. The molecule has 1 aromatic rings. The summed E-state index contributed by atoms with van der Waals surface area (Å²) < 4.78 is 26.5. The molecule has 0 spiro atoms. The Kier molecular flexibility index (Phi) is 5.03. The topological polar surface area (TPSA) is 66.4 Å². The van der Waals surface area contributed by atoms with E-state index in [9.17, 15) is 8.42 Å². The van der Waals surface area contributed by atoms with Crippen LogP contribution in [0.1, 0.15) is 13.8 Å². The first-order chi connectivity index (χ1) is 8.19. The van der Waals surface area contributed by atoms with Crippen LogP contribution in [0.3, 0.4) is 0 Å². The van der Waals surface area contributed by atoms with Gasteiger partial charge < -0.3 is 5.11 Å². The van der Waals surface area contributed by atoms with E-state index in [-0.39, 0.29) is 28.1 Å². The molecule has 0 atom stereocenters. The standard InChI is InChI=1S/C11H15Cl2NO3S/c1-11(2,7-15)6-14-18(16,17)9-5-3-4-8(12)10(9)13/h3-5,14-15H,6-7H2,1-2H3. The third kappa shape index (κ3) is 3.83. The van der Waals surface area contributed by atoms with Crippen molar-refractivity contribution in [3.05, 3.63) is 28.2 Å². The predicted molar refractivity (Wildman–Crippen MR) is 72.5 cm³/mol. The Hall–Kier alpha value is -0.330. The van der Waals surface area contributed by atoms with Crippen LogP contribution in [0.5, 0.6) is 0 Å². The zero-order valence-corrected chi connectivity index (χ0v) is 12.4. The Bertz CT molecular complexity index is 529. The number of nitrogens with one attached hydrogen (secondary N) is 1. The van der Waals surface area contributed by atoms with E-state index in [0.717, 1.165) is 0 Å². The fourth-order valence-electron chi connectivity index (χ4n) is 1.12. The molecular weight excluding hydrogens is 297 g/mol. The second-order valence-corrected chi connectivity index (χ2v) is 7.22. The molecule has 102 valence electrons. The zero-order valence-electron chi connectivity index (χ0n) is 10.1. The van der Waals surface area contributed by atoms with Crippen LogP contribution in [0.2, 0.25) is 10.0 Å². The lowest BCUT2D eigenvalue weighted by atomic mass is 9.96. The maximum Gasteiger partial charge on any atom is 0.242 e. The molecule has 4 nitrogen and oxygen atoms in total. The van der Waals surface area contributed by atoms with Crippen LogP contribution in [-0.4, -0.2) is 26.7 Å². The second-order valence-electron chi connectivity index (χ2n) is 4.70. The summed E-state index contributed by atoms with van der Waals surface area (Å²) in [6.07, 6.45) is 0. The minimum absolute atomic E-state index is 0.00605. The third-order valence-electron chi connectivity index (χ3n) is 2.37. The number of aliphatic hydroxyl groups excluding tert-OH is 1. The molecule has 0 aliphatic carbocycles. The van der Waals surface area contributed by atoms with Crippen LogP contribution in [0, 0.1) is 5.41 Å². The van der Waals surface area contributed by atoms with Gasteiger partial charge in [-0.05, 0) is 12.1 Å². The van der Waals surface area contributed by atoms with Gasteiger partial charge in [-0.2, -0.15) is 0 Å². The third-order valence-corrected chi connectivity index (χ3v) is 4.75. The molecule has 2 N–H and O–H groups in total. The fraction of sp³-hybridized carbons (Fsp3) is 0.455. The highest BCUT2D eigenvalue weighted by Gasteiger charge is 2.23. The number of aliphatic hydroxyl groups is 1. The smallest absolute Gasteiger partial charge is 0.242 e. The van der Waals surface area contributed by atoms with Crippen LogP contribution >= 0.6 is 23.2 Å². The van der Waals surface area contributed by atoms with Gasteiger partial charge in [0.1, 0.15) is 4.90 Å². The van der Waals surface area contributed by atoms with Gasteiger partial charge in [-0.25, -0.2) is 13.1 Å². The van der Waals surface area contributed by atoms with Crippen molar-refractivity contribution >= 4 is 33.2 Å². The average molecular weight is 312 g/mol. The minimum atomic E-state index is -3.73. The summed E-state index contributed by atoms with van der Waals surface area (Å²) in [5.74, 6) is 0. The molecule has 1 rings (SSSR count). The van der Waals surface area contributed by atoms with Crippen LogP contribution < -0.4 is 4.72 Å². The number of hydrogen-bond donors (Lipinski definition) is 2. The van der Waals surface area contributed by atoms with Gasteiger partial charge in [0.05, 0.1) is 10.0 Å². The largest absolute Gasteiger partial charge is 0.396 e. The van der Waals surface area contributed by atoms with Gasteiger partial charge in [0.15, 0.2) is 0 Å². The van der Waals surface area contributed by atoms with Crippen LogP contribution in [0.15, 0.2) is 23.1 Å². The van der Waals surface area contributed by atoms with E-state index < -0.39 is 15.4 Å². The predicted octanol–water partition coefficient (Wildman–Crippen LogP) is 2.29. The van der Waals surface area contributed by atoms with Gasteiger partial charge in [-0.15, -0.1) is 0 Å². The van der Waals surface area contributed by atoms with E-state index in [1.54, 1.807) is 13.8 Å². The van der Waals surface area contributed by atoms with Crippen LogP contribution in [0.25, 0.3) is 0 Å². The molecule has 0 bridgehead atoms. The first-order valence-electron chi connectivity index (χ1n) is 5.24. The van der Waals surface area contributed by atoms with Gasteiger partial charge in [-0.3, -0.25) is 0 Å². The Labute approximate surface area is 117 Å². The van der Waals surface area contributed by atoms with Gasteiger partial charge >= 0.3 is 0 Å². The van der Waals surface area contributed by atoms with E-state index in [4.69, 9.17) is 28.3 Å². The zero-order chi connectivity index (χ0) is 14.0. The monoisotopic (exact) mass is 311 g/mol. The molecule has 0 amide bonds. The highest BCUT2D eigenvalue weighted by molar-refractivity contribution is 7.89. The SMILES string of the molecule is CC(C)(CO)CNS(=O)(=O)c1cccc(Cl)c1Cl. The molecule has 7 heteroatoms. The molecule has 0 aliphatic rings. The maximum atomic E-state index is 12.0. The van der Waals surface area contributed by atoms with E-state index in [2.05, 4.69) is 4.72 Å². The molecular formula is C11H15Cl2NO3S. The number of rotatable bonds is 5. The highest BCUT2D eigenvalue weighted by Crippen LogP contribution is 2.29. The highest BCUT2D eigenvalue weighted by atomic mass is 35.5. The quantitative estimate of drug-likeness (QED) is 0.876. The van der Waals surface area contributed by atoms with Crippen molar-refractivity contribution < 1.29 is 13.5 Å². The summed E-state index contributed by atoms with van der Waals surface area (Å²) in [5.41, 5.74) is -0.544. The summed E-state index contributed by atoms with van der Waals surface area (Å²) in [4.78, 5) is -0.0644. The normalized spacial score (nSPS) is 12.7. The molecule has 0 radical (unpaired) electrons. The summed E-state index contributed by atoms with van der Waals surface area (Å²) in [7, 11) is -3.73.